The number of hydrogen-bond acceptors (Lipinski definition) is 5. The molecule has 0 saturated heterocycles. The number of aromatic nitrogens is 1. The predicted molar refractivity (Wildman–Crippen MR) is 109 cm³/mol. The van der Waals surface area contributed by atoms with Crippen molar-refractivity contribution in [2.75, 3.05) is 5.32 Å². The van der Waals surface area contributed by atoms with Gasteiger partial charge in [0.25, 0.3) is 5.91 Å². The van der Waals surface area contributed by atoms with Crippen LogP contribution in [-0.2, 0) is 9.53 Å². The number of hydrogen-bond donors (Lipinski definition) is 1. The SMILES string of the molecule is C[C@H](OC(=O)c1cc(-c2ccco2)nc2ccccc12)C(=O)Nc1ccc(F)cc1. The summed E-state index contributed by atoms with van der Waals surface area (Å²) in [6.45, 7) is 1.47. The van der Waals surface area contributed by atoms with Crippen molar-refractivity contribution < 1.29 is 23.1 Å². The zero-order valence-corrected chi connectivity index (χ0v) is 16.0. The number of halogens is 1. The number of anilines is 1. The maximum absolute atomic E-state index is 13.0. The van der Waals surface area contributed by atoms with Gasteiger partial charge in [-0.05, 0) is 55.5 Å². The van der Waals surface area contributed by atoms with Crippen LogP contribution in [0.2, 0.25) is 0 Å². The van der Waals surface area contributed by atoms with Crippen molar-refractivity contribution in [3.63, 3.8) is 0 Å². The lowest BCUT2D eigenvalue weighted by Gasteiger charge is -2.15. The van der Waals surface area contributed by atoms with E-state index >= 15 is 0 Å². The Balaban J connectivity index is 1.58. The van der Waals surface area contributed by atoms with Crippen LogP contribution in [0.25, 0.3) is 22.4 Å². The van der Waals surface area contributed by atoms with Crippen molar-refractivity contribution in [1.82, 2.24) is 4.98 Å². The first-order valence-electron chi connectivity index (χ1n) is 9.22. The molecule has 150 valence electrons. The summed E-state index contributed by atoms with van der Waals surface area (Å²) in [4.78, 5) is 29.8. The molecule has 7 heteroatoms. The molecule has 0 unspecified atom stereocenters. The lowest BCUT2D eigenvalue weighted by Crippen LogP contribution is -2.30. The van der Waals surface area contributed by atoms with E-state index in [-0.39, 0.29) is 5.56 Å². The van der Waals surface area contributed by atoms with Crippen molar-refractivity contribution >= 4 is 28.5 Å². The van der Waals surface area contributed by atoms with Crippen LogP contribution in [0, 0.1) is 5.82 Å². The van der Waals surface area contributed by atoms with Gasteiger partial charge in [-0.25, -0.2) is 14.2 Å². The summed E-state index contributed by atoms with van der Waals surface area (Å²) in [6, 6.07) is 17.5. The van der Waals surface area contributed by atoms with Gasteiger partial charge in [0.15, 0.2) is 11.9 Å². The molecule has 0 spiro atoms. The topological polar surface area (TPSA) is 81.4 Å². The molecule has 6 nitrogen and oxygen atoms in total. The number of nitrogens with zero attached hydrogens (tertiary/aromatic N) is 1. The highest BCUT2D eigenvalue weighted by Gasteiger charge is 2.22. The van der Waals surface area contributed by atoms with Gasteiger partial charge in [0.2, 0.25) is 0 Å². The van der Waals surface area contributed by atoms with Gasteiger partial charge < -0.3 is 14.5 Å². The predicted octanol–water partition coefficient (Wildman–Crippen LogP) is 4.82. The van der Waals surface area contributed by atoms with E-state index in [0.717, 1.165) is 0 Å². The Labute approximate surface area is 171 Å². The Morgan fingerprint density at radius 2 is 1.83 bits per heavy atom. The van der Waals surface area contributed by atoms with Gasteiger partial charge >= 0.3 is 5.97 Å². The molecule has 0 aliphatic rings. The van der Waals surface area contributed by atoms with Crippen LogP contribution in [0.3, 0.4) is 0 Å². The molecule has 30 heavy (non-hydrogen) atoms. The van der Waals surface area contributed by atoms with E-state index in [2.05, 4.69) is 10.3 Å². The van der Waals surface area contributed by atoms with Crippen LogP contribution in [0.4, 0.5) is 10.1 Å². The second-order valence-electron chi connectivity index (χ2n) is 6.59. The summed E-state index contributed by atoms with van der Waals surface area (Å²) in [5.41, 5.74) is 1.75. The molecule has 1 atom stereocenters. The van der Waals surface area contributed by atoms with Crippen LogP contribution < -0.4 is 5.32 Å². The molecule has 2 heterocycles. The maximum atomic E-state index is 13.0. The average molecular weight is 404 g/mol. The fourth-order valence-electron chi connectivity index (χ4n) is 2.95. The van der Waals surface area contributed by atoms with Crippen molar-refractivity contribution in [2.24, 2.45) is 0 Å². The minimum Gasteiger partial charge on any atom is -0.463 e. The molecule has 2 aromatic heterocycles. The highest BCUT2D eigenvalue weighted by atomic mass is 19.1. The number of carbonyl (C=O) groups is 2. The Bertz CT molecular complexity index is 1200. The Kier molecular flexibility index (Phi) is 5.26. The minimum atomic E-state index is -1.07. The lowest BCUT2D eigenvalue weighted by atomic mass is 10.1. The molecular formula is C23H17FN2O4. The second kappa shape index (κ2) is 8.16. The van der Waals surface area contributed by atoms with Crippen LogP contribution in [-0.4, -0.2) is 23.0 Å². The summed E-state index contributed by atoms with van der Waals surface area (Å²) in [6.07, 6.45) is 0.452. The fraction of sp³-hybridized carbons (Fsp3) is 0.0870. The van der Waals surface area contributed by atoms with Crippen LogP contribution >= 0.6 is 0 Å². The summed E-state index contributed by atoms with van der Waals surface area (Å²) in [7, 11) is 0. The van der Waals surface area contributed by atoms with E-state index in [0.29, 0.717) is 28.0 Å². The average Bonchev–Trinajstić information content (AvgIpc) is 3.29. The highest BCUT2D eigenvalue weighted by molar-refractivity contribution is 6.05. The van der Waals surface area contributed by atoms with E-state index in [1.165, 1.54) is 37.5 Å². The van der Waals surface area contributed by atoms with Gasteiger partial charge in [0.1, 0.15) is 11.5 Å². The van der Waals surface area contributed by atoms with E-state index in [9.17, 15) is 14.0 Å². The number of benzene rings is 2. The van der Waals surface area contributed by atoms with Crippen LogP contribution in [0.5, 0.6) is 0 Å². The van der Waals surface area contributed by atoms with E-state index in [1.807, 2.05) is 6.07 Å². The molecule has 4 aromatic rings. The largest absolute Gasteiger partial charge is 0.463 e. The molecule has 0 aliphatic carbocycles. The molecule has 1 amide bonds. The molecule has 0 bridgehead atoms. The third kappa shape index (κ3) is 4.05. The van der Waals surface area contributed by atoms with Crippen molar-refractivity contribution in [3.8, 4) is 11.5 Å². The molecule has 4 rings (SSSR count). The summed E-state index contributed by atoms with van der Waals surface area (Å²) in [5.74, 6) is -1.09. The smallest absolute Gasteiger partial charge is 0.339 e. The number of fused-ring (bicyclic) bond motifs is 1. The number of nitrogens with one attached hydrogen (secondary N) is 1. The van der Waals surface area contributed by atoms with Gasteiger partial charge in [-0.2, -0.15) is 0 Å². The summed E-state index contributed by atoms with van der Waals surface area (Å²) >= 11 is 0. The van der Waals surface area contributed by atoms with Gasteiger partial charge in [-0.15, -0.1) is 0 Å². The zero-order chi connectivity index (χ0) is 21.1. The highest BCUT2D eigenvalue weighted by Crippen LogP contribution is 2.26. The molecule has 0 saturated carbocycles. The third-order valence-corrected chi connectivity index (χ3v) is 4.47. The molecule has 1 N–H and O–H groups in total. The number of rotatable bonds is 5. The summed E-state index contributed by atoms with van der Waals surface area (Å²) < 4.78 is 23.8. The Morgan fingerprint density at radius 3 is 2.57 bits per heavy atom. The van der Waals surface area contributed by atoms with Gasteiger partial charge in [-0.3, -0.25) is 4.79 Å². The standard InChI is InChI=1S/C23H17FN2O4/c1-14(22(27)25-16-10-8-15(24)9-11-16)30-23(28)18-13-20(21-7-4-12-29-21)26-19-6-3-2-5-17(18)19/h2-14H,1H3,(H,25,27)/t14-/m0/s1. The van der Waals surface area contributed by atoms with E-state index in [4.69, 9.17) is 9.15 Å². The van der Waals surface area contributed by atoms with E-state index in [1.54, 1.807) is 36.4 Å². The zero-order valence-electron chi connectivity index (χ0n) is 16.0. The number of furan rings is 1. The van der Waals surface area contributed by atoms with Crippen molar-refractivity contribution in [1.29, 1.82) is 0 Å². The molecular weight excluding hydrogens is 387 g/mol. The summed E-state index contributed by atoms with van der Waals surface area (Å²) in [5, 5.41) is 3.19. The number of esters is 1. The molecule has 2 aromatic carbocycles. The number of amides is 1. The monoisotopic (exact) mass is 404 g/mol. The molecule has 0 aliphatic heterocycles. The number of ether oxygens (including phenoxy) is 1. The van der Waals surface area contributed by atoms with Crippen molar-refractivity contribution in [3.05, 3.63) is 84.4 Å². The van der Waals surface area contributed by atoms with Crippen LogP contribution in [0.1, 0.15) is 17.3 Å². The lowest BCUT2D eigenvalue weighted by molar-refractivity contribution is -0.123. The first kappa shape index (κ1) is 19.3. The fourth-order valence-corrected chi connectivity index (χ4v) is 2.95. The number of para-hydroxylation sites is 1. The molecule has 0 fully saturated rings. The second-order valence-corrected chi connectivity index (χ2v) is 6.59. The maximum Gasteiger partial charge on any atom is 0.339 e. The number of pyridine rings is 1. The number of carbonyl (C=O) groups excluding carboxylic acids is 2. The first-order chi connectivity index (χ1) is 14.5. The van der Waals surface area contributed by atoms with Crippen molar-refractivity contribution in [2.45, 2.75) is 13.0 Å². The van der Waals surface area contributed by atoms with Crippen LogP contribution in [0.15, 0.2) is 77.4 Å². The van der Waals surface area contributed by atoms with Gasteiger partial charge in [0.05, 0.1) is 17.3 Å². The van der Waals surface area contributed by atoms with Gasteiger partial charge in [0, 0.05) is 11.1 Å². The Hall–Kier alpha value is -4.00. The first-order valence-corrected chi connectivity index (χ1v) is 9.22. The van der Waals surface area contributed by atoms with Gasteiger partial charge in [-0.1, -0.05) is 18.2 Å². The molecule has 0 radical (unpaired) electrons. The quantitative estimate of drug-likeness (QED) is 0.483. The minimum absolute atomic E-state index is 0.272. The Morgan fingerprint density at radius 1 is 1.07 bits per heavy atom. The normalized spacial score (nSPS) is 11.8. The third-order valence-electron chi connectivity index (χ3n) is 4.47. The van der Waals surface area contributed by atoms with E-state index < -0.39 is 23.8 Å².